The molecule has 0 unspecified atom stereocenters. The summed E-state index contributed by atoms with van der Waals surface area (Å²) in [6.07, 6.45) is -3.99. The van der Waals surface area contributed by atoms with E-state index in [1.807, 2.05) is 17.5 Å². The predicted molar refractivity (Wildman–Crippen MR) is 100 cm³/mol. The van der Waals surface area contributed by atoms with E-state index in [2.05, 4.69) is 10.4 Å². The van der Waals surface area contributed by atoms with Gasteiger partial charge in [0.15, 0.2) is 12.3 Å². The molecule has 0 saturated carbocycles. The third-order valence-corrected chi connectivity index (χ3v) is 4.93. The summed E-state index contributed by atoms with van der Waals surface area (Å²) in [5.41, 5.74) is -0.923. The second-order valence-corrected chi connectivity index (χ2v) is 7.14. The van der Waals surface area contributed by atoms with Crippen LogP contribution in [0.15, 0.2) is 47.8 Å². The number of alkyl halides is 3. The number of amides is 1. The third kappa shape index (κ3) is 5.05. The van der Waals surface area contributed by atoms with Gasteiger partial charge in [-0.05, 0) is 30.0 Å². The van der Waals surface area contributed by atoms with E-state index in [-0.39, 0.29) is 16.6 Å². The van der Waals surface area contributed by atoms with Crippen LogP contribution in [0, 0.1) is 0 Å². The van der Waals surface area contributed by atoms with Crippen molar-refractivity contribution in [3.05, 3.63) is 63.4 Å². The summed E-state index contributed by atoms with van der Waals surface area (Å²) in [5, 5.41) is 8.34. The molecule has 0 saturated heterocycles. The van der Waals surface area contributed by atoms with Gasteiger partial charge in [0.2, 0.25) is 5.88 Å². The molecule has 0 atom stereocenters. The molecule has 2 aromatic heterocycles. The van der Waals surface area contributed by atoms with E-state index < -0.39 is 24.4 Å². The topological polar surface area (TPSA) is 56.1 Å². The van der Waals surface area contributed by atoms with E-state index in [1.54, 1.807) is 23.5 Å². The third-order valence-electron chi connectivity index (χ3n) is 3.67. The number of benzene rings is 1. The SMILES string of the molecule is O=C(COc1cc(C(F)(F)F)nn1-c1ccccc1Cl)NCCc1cccs1. The Kier molecular flexibility index (Phi) is 6.25. The summed E-state index contributed by atoms with van der Waals surface area (Å²) in [5.74, 6) is -0.675. The summed E-state index contributed by atoms with van der Waals surface area (Å²) in [7, 11) is 0. The molecule has 10 heteroatoms. The smallest absolute Gasteiger partial charge is 0.435 e. The van der Waals surface area contributed by atoms with E-state index >= 15 is 0 Å². The minimum Gasteiger partial charge on any atom is -0.467 e. The summed E-state index contributed by atoms with van der Waals surface area (Å²) < 4.78 is 45.4. The first-order chi connectivity index (χ1) is 13.3. The first-order valence-electron chi connectivity index (χ1n) is 8.18. The fraction of sp³-hybridized carbons (Fsp3) is 0.222. The van der Waals surface area contributed by atoms with Gasteiger partial charge in [-0.15, -0.1) is 11.3 Å². The van der Waals surface area contributed by atoms with E-state index in [9.17, 15) is 18.0 Å². The Morgan fingerprint density at radius 1 is 1.25 bits per heavy atom. The van der Waals surface area contributed by atoms with E-state index in [4.69, 9.17) is 16.3 Å². The minimum absolute atomic E-state index is 0.199. The number of nitrogens with one attached hydrogen (secondary N) is 1. The maximum absolute atomic E-state index is 13.1. The lowest BCUT2D eigenvalue weighted by atomic mass is 10.3. The molecule has 3 rings (SSSR count). The highest BCUT2D eigenvalue weighted by Gasteiger charge is 2.35. The van der Waals surface area contributed by atoms with Gasteiger partial charge in [0.1, 0.15) is 0 Å². The lowest BCUT2D eigenvalue weighted by Crippen LogP contribution is -2.30. The summed E-state index contributed by atoms with van der Waals surface area (Å²) >= 11 is 7.64. The highest BCUT2D eigenvalue weighted by molar-refractivity contribution is 7.09. The van der Waals surface area contributed by atoms with Crippen molar-refractivity contribution in [2.45, 2.75) is 12.6 Å². The molecule has 3 aromatic rings. The van der Waals surface area contributed by atoms with E-state index in [0.717, 1.165) is 15.6 Å². The van der Waals surface area contributed by atoms with Crippen molar-refractivity contribution < 1.29 is 22.7 Å². The number of hydrogen-bond donors (Lipinski definition) is 1. The molecular weight excluding hydrogens is 415 g/mol. The summed E-state index contributed by atoms with van der Waals surface area (Å²) in [6.45, 7) is -0.0435. The van der Waals surface area contributed by atoms with Gasteiger partial charge in [-0.2, -0.15) is 23.0 Å². The number of thiophene rings is 1. The molecule has 0 fully saturated rings. The zero-order chi connectivity index (χ0) is 20.1. The van der Waals surface area contributed by atoms with Crippen LogP contribution in [-0.2, 0) is 17.4 Å². The molecule has 0 aliphatic heterocycles. The molecule has 1 N–H and O–H groups in total. The number of carbonyl (C=O) groups excluding carboxylic acids is 1. The molecule has 0 aliphatic carbocycles. The van der Waals surface area contributed by atoms with E-state index in [1.165, 1.54) is 12.1 Å². The normalized spacial score (nSPS) is 11.4. The van der Waals surface area contributed by atoms with Crippen LogP contribution in [0.4, 0.5) is 13.2 Å². The van der Waals surface area contributed by atoms with Gasteiger partial charge in [-0.1, -0.05) is 29.8 Å². The van der Waals surface area contributed by atoms with Gasteiger partial charge in [-0.25, -0.2) is 0 Å². The maximum atomic E-state index is 13.1. The van der Waals surface area contributed by atoms with Gasteiger partial charge in [0, 0.05) is 17.5 Å². The Morgan fingerprint density at radius 2 is 2.04 bits per heavy atom. The van der Waals surface area contributed by atoms with Crippen molar-refractivity contribution >= 4 is 28.8 Å². The number of aromatic nitrogens is 2. The van der Waals surface area contributed by atoms with E-state index in [0.29, 0.717) is 13.0 Å². The summed E-state index contributed by atoms with van der Waals surface area (Å²) in [4.78, 5) is 13.1. The molecule has 148 valence electrons. The molecule has 0 bridgehead atoms. The van der Waals surface area contributed by atoms with Crippen LogP contribution in [-0.4, -0.2) is 28.8 Å². The average molecular weight is 430 g/mol. The Hall–Kier alpha value is -2.52. The van der Waals surface area contributed by atoms with Crippen LogP contribution < -0.4 is 10.1 Å². The second-order valence-electron chi connectivity index (χ2n) is 5.70. The second kappa shape index (κ2) is 8.66. The van der Waals surface area contributed by atoms with Crippen LogP contribution in [0.2, 0.25) is 5.02 Å². The molecule has 1 amide bonds. The molecular formula is C18H15ClF3N3O2S. The lowest BCUT2D eigenvalue weighted by Gasteiger charge is -2.10. The van der Waals surface area contributed by atoms with Gasteiger partial charge >= 0.3 is 6.18 Å². The van der Waals surface area contributed by atoms with Crippen LogP contribution in [0.25, 0.3) is 5.69 Å². The molecule has 28 heavy (non-hydrogen) atoms. The number of carbonyl (C=O) groups is 1. The van der Waals surface area contributed by atoms with Crippen LogP contribution >= 0.6 is 22.9 Å². The zero-order valence-electron chi connectivity index (χ0n) is 14.4. The zero-order valence-corrected chi connectivity index (χ0v) is 15.9. The van der Waals surface area contributed by atoms with Crippen LogP contribution in [0.5, 0.6) is 5.88 Å². The van der Waals surface area contributed by atoms with Crippen molar-refractivity contribution in [3.8, 4) is 11.6 Å². The van der Waals surface area contributed by atoms with Crippen molar-refractivity contribution in [2.75, 3.05) is 13.2 Å². The van der Waals surface area contributed by atoms with Crippen molar-refractivity contribution in [1.29, 1.82) is 0 Å². The van der Waals surface area contributed by atoms with Crippen LogP contribution in [0.1, 0.15) is 10.6 Å². The van der Waals surface area contributed by atoms with Gasteiger partial charge in [-0.3, -0.25) is 4.79 Å². The maximum Gasteiger partial charge on any atom is 0.435 e. The van der Waals surface area contributed by atoms with Crippen molar-refractivity contribution in [3.63, 3.8) is 0 Å². The van der Waals surface area contributed by atoms with Gasteiger partial charge in [0.05, 0.1) is 10.7 Å². The van der Waals surface area contributed by atoms with Gasteiger partial charge in [0.25, 0.3) is 5.91 Å². The van der Waals surface area contributed by atoms with Crippen LogP contribution in [0.3, 0.4) is 0 Å². The first-order valence-corrected chi connectivity index (χ1v) is 9.44. The Morgan fingerprint density at radius 3 is 2.71 bits per heavy atom. The number of ether oxygens (including phenoxy) is 1. The highest BCUT2D eigenvalue weighted by Crippen LogP contribution is 2.33. The Labute approximate surface area is 167 Å². The monoisotopic (exact) mass is 429 g/mol. The molecule has 0 radical (unpaired) electrons. The Balaban J connectivity index is 1.69. The summed E-state index contributed by atoms with van der Waals surface area (Å²) in [6, 6.07) is 10.9. The molecule has 1 aromatic carbocycles. The number of nitrogens with zero attached hydrogens (tertiary/aromatic N) is 2. The molecule has 0 spiro atoms. The standard InChI is InChI=1S/C18H15ClF3N3O2S/c19-13-5-1-2-6-14(13)25-17(10-15(24-25)18(20,21)22)27-11-16(26)23-8-7-12-4-3-9-28-12/h1-6,9-10H,7-8,11H2,(H,23,26). The fourth-order valence-electron chi connectivity index (χ4n) is 2.37. The highest BCUT2D eigenvalue weighted by atomic mass is 35.5. The Bertz CT molecular complexity index is 942. The first kappa shape index (κ1) is 20.2. The lowest BCUT2D eigenvalue weighted by molar-refractivity contribution is -0.141. The average Bonchev–Trinajstić information content (AvgIpc) is 3.30. The number of hydrogen-bond acceptors (Lipinski definition) is 4. The quantitative estimate of drug-likeness (QED) is 0.607. The largest absolute Gasteiger partial charge is 0.467 e. The number of rotatable bonds is 7. The minimum atomic E-state index is -4.66. The fourth-order valence-corrected chi connectivity index (χ4v) is 3.30. The van der Waals surface area contributed by atoms with Crippen molar-refractivity contribution in [1.82, 2.24) is 15.1 Å². The number of halogens is 4. The van der Waals surface area contributed by atoms with Gasteiger partial charge < -0.3 is 10.1 Å². The molecule has 2 heterocycles. The predicted octanol–water partition coefficient (Wildman–Crippen LogP) is 4.34. The van der Waals surface area contributed by atoms with Crippen molar-refractivity contribution in [2.24, 2.45) is 0 Å². The number of para-hydroxylation sites is 1. The molecule has 5 nitrogen and oxygen atoms in total. The molecule has 0 aliphatic rings.